The Hall–Kier alpha value is -4.15. The van der Waals surface area contributed by atoms with Crippen LogP contribution in [0.2, 0.25) is 0 Å². The van der Waals surface area contributed by atoms with E-state index < -0.39 is 11.8 Å². The number of benzene rings is 2. The standard InChI is InChI=1S/C34H44N4O6/c1-2-3-5-13-29(23-38(26-39)43-24-27-11-6-4-7-12-27)33(40)35-25-36-34(41)32-17-16-31(44-32)28-14-10-15-30(22-28)42-21-20-37-18-8-9-19-37/h4,6-7,10-12,14-17,22,26,29H,2-3,5,8-9,13,18-21,23-25H2,1H3,(H,35,40)(H,36,41). The van der Waals surface area contributed by atoms with Gasteiger partial charge in [-0.25, -0.2) is 5.06 Å². The molecule has 10 heteroatoms. The Bertz CT molecular complexity index is 1310. The van der Waals surface area contributed by atoms with Crippen molar-refractivity contribution in [1.29, 1.82) is 0 Å². The van der Waals surface area contributed by atoms with Crippen LogP contribution in [0.3, 0.4) is 0 Å². The lowest BCUT2D eigenvalue weighted by atomic mass is 10.0. The van der Waals surface area contributed by atoms with Gasteiger partial charge in [0.2, 0.25) is 12.3 Å². The molecule has 0 radical (unpaired) electrons. The highest BCUT2D eigenvalue weighted by molar-refractivity contribution is 5.92. The zero-order chi connectivity index (χ0) is 31.0. The highest BCUT2D eigenvalue weighted by Crippen LogP contribution is 2.26. The number of amides is 3. The van der Waals surface area contributed by atoms with Gasteiger partial charge >= 0.3 is 0 Å². The van der Waals surface area contributed by atoms with Crippen molar-refractivity contribution in [2.24, 2.45) is 5.92 Å². The fourth-order valence-corrected chi connectivity index (χ4v) is 5.12. The van der Waals surface area contributed by atoms with Crippen LogP contribution in [-0.2, 0) is 21.0 Å². The number of nitrogens with zero attached hydrogens (tertiary/aromatic N) is 2. The quantitative estimate of drug-likeness (QED) is 0.0856. The maximum absolute atomic E-state index is 13.1. The first kappa shape index (κ1) is 32.8. The number of ether oxygens (including phenoxy) is 1. The highest BCUT2D eigenvalue weighted by Gasteiger charge is 2.22. The second kappa shape index (κ2) is 17.8. The number of unbranched alkanes of at least 4 members (excludes halogenated alkanes) is 2. The Morgan fingerprint density at radius 2 is 1.84 bits per heavy atom. The van der Waals surface area contributed by atoms with Gasteiger partial charge in [0.05, 0.1) is 19.1 Å². The fraction of sp³-hybridized carbons (Fsp3) is 0.441. The molecule has 1 atom stereocenters. The lowest BCUT2D eigenvalue weighted by Gasteiger charge is -2.23. The van der Waals surface area contributed by atoms with Crippen LogP contribution in [0.25, 0.3) is 11.3 Å². The Morgan fingerprint density at radius 1 is 1.02 bits per heavy atom. The summed E-state index contributed by atoms with van der Waals surface area (Å²) in [7, 11) is 0. The minimum atomic E-state index is -0.487. The molecule has 1 saturated heterocycles. The highest BCUT2D eigenvalue weighted by atomic mass is 16.7. The molecule has 0 bridgehead atoms. The van der Waals surface area contributed by atoms with Crippen molar-refractivity contribution in [3.63, 3.8) is 0 Å². The summed E-state index contributed by atoms with van der Waals surface area (Å²) in [5, 5.41) is 6.62. The lowest BCUT2D eigenvalue weighted by Crippen LogP contribution is -2.43. The largest absolute Gasteiger partial charge is 0.492 e. The number of carbonyl (C=O) groups excluding carboxylic acids is 3. The second-order valence-electron chi connectivity index (χ2n) is 11.0. The van der Waals surface area contributed by atoms with Crippen molar-refractivity contribution in [3.8, 4) is 17.1 Å². The third-order valence-corrected chi connectivity index (χ3v) is 7.62. The van der Waals surface area contributed by atoms with Gasteiger partial charge in [-0.2, -0.15) is 0 Å². The summed E-state index contributed by atoms with van der Waals surface area (Å²) < 4.78 is 11.8. The van der Waals surface area contributed by atoms with Crippen LogP contribution < -0.4 is 15.4 Å². The van der Waals surface area contributed by atoms with E-state index in [1.54, 1.807) is 12.1 Å². The van der Waals surface area contributed by atoms with E-state index in [-0.39, 0.29) is 31.5 Å². The van der Waals surface area contributed by atoms with Gasteiger partial charge in [0.15, 0.2) is 5.76 Å². The van der Waals surface area contributed by atoms with Crippen molar-refractivity contribution >= 4 is 18.2 Å². The Morgan fingerprint density at radius 3 is 2.61 bits per heavy atom. The van der Waals surface area contributed by atoms with E-state index in [1.807, 2.05) is 54.6 Å². The van der Waals surface area contributed by atoms with Gasteiger partial charge < -0.3 is 19.8 Å². The Balaban J connectivity index is 1.25. The van der Waals surface area contributed by atoms with Crippen molar-refractivity contribution in [1.82, 2.24) is 20.6 Å². The molecule has 4 rings (SSSR count). The molecule has 0 spiro atoms. The monoisotopic (exact) mass is 604 g/mol. The zero-order valence-electron chi connectivity index (χ0n) is 25.5. The predicted octanol–water partition coefficient (Wildman–Crippen LogP) is 5.01. The van der Waals surface area contributed by atoms with Gasteiger partial charge in [0.25, 0.3) is 5.91 Å². The molecule has 3 aromatic rings. The molecule has 2 aromatic carbocycles. The number of nitrogens with one attached hydrogen (secondary N) is 2. The lowest BCUT2D eigenvalue weighted by molar-refractivity contribution is -0.182. The summed E-state index contributed by atoms with van der Waals surface area (Å²) in [5.41, 5.74) is 1.73. The summed E-state index contributed by atoms with van der Waals surface area (Å²) in [6.45, 7) is 6.13. The van der Waals surface area contributed by atoms with Gasteiger partial charge in [-0.3, -0.25) is 24.1 Å². The minimum Gasteiger partial charge on any atom is -0.492 e. The average molecular weight is 605 g/mol. The van der Waals surface area contributed by atoms with Crippen LogP contribution in [0.5, 0.6) is 5.75 Å². The summed E-state index contributed by atoms with van der Waals surface area (Å²) in [4.78, 5) is 45.6. The van der Waals surface area contributed by atoms with Crippen molar-refractivity contribution in [2.75, 3.05) is 39.5 Å². The van der Waals surface area contributed by atoms with Crippen LogP contribution in [0.4, 0.5) is 0 Å². The molecule has 0 aliphatic carbocycles. The van der Waals surface area contributed by atoms with Gasteiger partial charge in [0, 0.05) is 12.1 Å². The molecule has 236 valence electrons. The van der Waals surface area contributed by atoms with E-state index in [1.165, 1.54) is 17.9 Å². The topological polar surface area (TPSA) is 113 Å². The van der Waals surface area contributed by atoms with E-state index in [0.717, 1.165) is 55.8 Å². The van der Waals surface area contributed by atoms with E-state index in [2.05, 4.69) is 22.5 Å². The number of hydroxylamine groups is 2. The molecular weight excluding hydrogens is 560 g/mol. The summed E-state index contributed by atoms with van der Waals surface area (Å²) in [5.74, 6) is 0.231. The maximum atomic E-state index is 13.1. The summed E-state index contributed by atoms with van der Waals surface area (Å²) in [6, 6.07) is 20.5. The molecule has 1 aliphatic heterocycles. The molecule has 3 amide bonds. The molecule has 1 aromatic heterocycles. The Labute approximate surface area is 259 Å². The molecule has 0 saturated carbocycles. The zero-order valence-corrected chi connectivity index (χ0v) is 25.5. The number of furan rings is 1. The third kappa shape index (κ3) is 10.5. The smallest absolute Gasteiger partial charge is 0.288 e. The molecule has 2 N–H and O–H groups in total. The predicted molar refractivity (Wildman–Crippen MR) is 167 cm³/mol. The van der Waals surface area contributed by atoms with Crippen LogP contribution >= 0.6 is 0 Å². The van der Waals surface area contributed by atoms with E-state index in [9.17, 15) is 14.4 Å². The van der Waals surface area contributed by atoms with Crippen molar-refractivity contribution in [2.45, 2.75) is 52.1 Å². The van der Waals surface area contributed by atoms with E-state index >= 15 is 0 Å². The Kier molecular flexibility index (Phi) is 13.3. The van der Waals surface area contributed by atoms with Gasteiger partial charge in [-0.1, -0.05) is 68.7 Å². The number of carbonyl (C=O) groups is 3. The van der Waals surface area contributed by atoms with E-state index in [0.29, 0.717) is 25.2 Å². The fourth-order valence-electron chi connectivity index (χ4n) is 5.12. The number of hydrogen-bond acceptors (Lipinski definition) is 7. The third-order valence-electron chi connectivity index (χ3n) is 7.62. The first-order valence-corrected chi connectivity index (χ1v) is 15.6. The molecular formula is C34H44N4O6. The van der Waals surface area contributed by atoms with E-state index in [4.69, 9.17) is 14.0 Å². The van der Waals surface area contributed by atoms with Crippen LogP contribution in [-0.4, -0.2) is 67.6 Å². The number of likely N-dealkylation sites (tertiary alicyclic amines) is 1. The molecule has 44 heavy (non-hydrogen) atoms. The minimum absolute atomic E-state index is 0.0791. The number of rotatable bonds is 19. The molecule has 2 heterocycles. The molecule has 1 fully saturated rings. The summed E-state index contributed by atoms with van der Waals surface area (Å²) >= 11 is 0. The van der Waals surface area contributed by atoms with Gasteiger partial charge in [-0.05, 0) is 62.2 Å². The molecule has 10 nitrogen and oxygen atoms in total. The normalized spacial score (nSPS) is 13.8. The van der Waals surface area contributed by atoms with Crippen LogP contribution in [0.15, 0.2) is 71.1 Å². The molecule has 1 aliphatic rings. The average Bonchev–Trinajstić information content (AvgIpc) is 3.76. The summed E-state index contributed by atoms with van der Waals surface area (Å²) in [6.07, 6.45) is 6.51. The molecule has 1 unspecified atom stereocenters. The SMILES string of the molecule is CCCCCC(CN(C=O)OCc1ccccc1)C(=O)NCNC(=O)c1ccc(-c2cccc(OCCN3CCCC3)c2)o1. The van der Waals surface area contributed by atoms with Crippen molar-refractivity contribution in [3.05, 3.63) is 78.1 Å². The van der Waals surface area contributed by atoms with Crippen LogP contribution in [0, 0.1) is 5.92 Å². The first-order valence-electron chi connectivity index (χ1n) is 15.6. The first-order chi connectivity index (χ1) is 21.6. The second-order valence-corrected chi connectivity index (χ2v) is 11.0. The van der Waals surface area contributed by atoms with Crippen molar-refractivity contribution < 1.29 is 28.4 Å². The van der Waals surface area contributed by atoms with Crippen LogP contribution in [0.1, 0.15) is 61.6 Å². The van der Waals surface area contributed by atoms with Gasteiger partial charge in [-0.15, -0.1) is 0 Å². The van der Waals surface area contributed by atoms with Gasteiger partial charge in [0.1, 0.15) is 24.7 Å². The maximum Gasteiger partial charge on any atom is 0.288 e. The number of hydrogen-bond donors (Lipinski definition) is 2.